The number of rotatable bonds is 4. The summed E-state index contributed by atoms with van der Waals surface area (Å²) in [7, 11) is 0.131. The molecule has 4 rings (SSSR count). The lowest BCUT2D eigenvalue weighted by molar-refractivity contribution is 0.120. The Balaban J connectivity index is 1.71. The highest BCUT2D eigenvalue weighted by atomic mass is 16.6. The van der Waals surface area contributed by atoms with Gasteiger partial charge in [-0.15, -0.1) is 0 Å². The standard InChI is InChI=1S/C18H31BO2/c1-2-8-15(7-1)18(16-9-3-4-10-16,17-11-5-6-12-17)19-20-13-14-21-19/h15-17H,1-14H2. The fraction of sp³-hybridized carbons (Fsp3) is 1.00. The maximum atomic E-state index is 6.23. The molecule has 1 saturated heterocycles. The summed E-state index contributed by atoms with van der Waals surface area (Å²) >= 11 is 0. The van der Waals surface area contributed by atoms with Crippen LogP contribution < -0.4 is 0 Å². The number of hydrogen-bond donors (Lipinski definition) is 0. The second kappa shape index (κ2) is 6.24. The molecular weight excluding hydrogens is 259 g/mol. The van der Waals surface area contributed by atoms with Gasteiger partial charge in [-0.05, 0) is 17.8 Å². The van der Waals surface area contributed by atoms with Crippen molar-refractivity contribution >= 4 is 7.12 Å². The molecule has 1 heterocycles. The highest BCUT2D eigenvalue weighted by molar-refractivity contribution is 6.49. The topological polar surface area (TPSA) is 18.5 Å². The van der Waals surface area contributed by atoms with Crippen LogP contribution in [0.1, 0.15) is 77.0 Å². The quantitative estimate of drug-likeness (QED) is 0.690. The van der Waals surface area contributed by atoms with Crippen LogP contribution in [-0.2, 0) is 9.31 Å². The predicted octanol–water partition coefficient (Wildman–Crippen LogP) is 4.83. The van der Waals surface area contributed by atoms with Gasteiger partial charge >= 0.3 is 7.12 Å². The van der Waals surface area contributed by atoms with Gasteiger partial charge in [0.2, 0.25) is 0 Å². The molecule has 4 aliphatic rings. The van der Waals surface area contributed by atoms with E-state index in [0.29, 0.717) is 5.31 Å². The minimum absolute atomic E-state index is 0.131. The average Bonchev–Trinajstić information content (AvgIpc) is 3.32. The Morgan fingerprint density at radius 1 is 0.571 bits per heavy atom. The summed E-state index contributed by atoms with van der Waals surface area (Å²) < 4.78 is 12.5. The van der Waals surface area contributed by atoms with Gasteiger partial charge in [0.1, 0.15) is 0 Å². The molecule has 0 atom stereocenters. The Hall–Kier alpha value is -0.0151. The molecule has 118 valence electrons. The van der Waals surface area contributed by atoms with E-state index in [9.17, 15) is 0 Å². The Morgan fingerprint density at radius 2 is 0.905 bits per heavy atom. The Labute approximate surface area is 130 Å². The summed E-state index contributed by atoms with van der Waals surface area (Å²) in [6.07, 6.45) is 17.3. The van der Waals surface area contributed by atoms with Crippen molar-refractivity contribution in [3.63, 3.8) is 0 Å². The lowest BCUT2D eigenvalue weighted by atomic mass is 9.40. The molecule has 0 bridgehead atoms. The molecule has 4 fully saturated rings. The van der Waals surface area contributed by atoms with Gasteiger partial charge in [-0.1, -0.05) is 77.0 Å². The zero-order valence-electron chi connectivity index (χ0n) is 13.5. The molecule has 0 unspecified atom stereocenters. The molecule has 3 heteroatoms. The maximum Gasteiger partial charge on any atom is 0.464 e. The molecule has 0 N–H and O–H groups in total. The molecule has 0 radical (unpaired) electrons. The zero-order chi connectivity index (χ0) is 14.1. The molecule has 21 heavy (non-hydrogen) atoms. The van der Waals surface area contributed by atoms with Gasteiger partial charge in [-0.3, -0.25) is 0 Å². The van der Waals surface area contributed by atoms with Crippen LogP contribution in [0, 0.1) is 17.8 Å². The summed E-state index contributed by atoms with van der Waals surface area (Å²) in [6.45, 7) is 1.66. The van der Waals surface area contributed by atoms with Crippen molar-refractivity contribution in [2.24, 2.45) is 17.8 Å². The second-order valence-corrected chi connectivity index (χ2v) is 8.02. The first-order valence-electron chi connectivity index (χ1n) is 9.65. The summed E-state index contributed by atoms with van der Waals surface area (Å²) in [5.41, 5.74) is 0. The van der Waals surface area contributed by atoms with E-state index in [4.69, 9.17) is 9.31 Å². The van der Waals surface area contributed by atoms with Crippen LogP contribution in [0.5, 0.6) is 0 Å². The summed E-state index contributed by atoms with van der Waals surface area (Å²) in [6, 6.07) is 0. The first-order valence-corrected chi connectivity index (χ1v) is 9.65. The van der Waals surface area contributed by atoms with Crippen molar-refractivity contribution in [2.75, 3.05) is 13.2 Å². The third-order valence-corrected chi connectivity index (χ3v) is 7.22. The molecule has 2 nitrogen and oxygen atoms in total. The van der Waals surface area contributed by atoms with E-state index in [1.54, 1.807) is 0 Å². The van der Waals surface area contributed by atoms with Gasteiger partial charge in [0.05, 0.1) is 13.2 Å². The molecule has 0 aromatic rings. The van der Waals surface area contributed by atoms with E-state index in [1.807, 2.05) is 0 Å². The van der Waals surface area contributed by atoms with Gasteiger partial charge < -0.3 is 9.31 Å². The fourth-order valence-corrected chi connectivity index (χ4v) is 6.50. The van der Waals surface area contributed by atoms with Crippen LogP contribution in [0.3, 0.4) is 0 Å². The van der Waals surface area contributed by atoms with Crippen molar-refractivity contribution in [1.82, 2.24) is 0 Å². The average molecular weight is 290 g/mol. The number of hydrogen-bond acceptors (Lipinski definition) is 2. The van der Waals surface area contributed by atoms with Gasteiger partial charge in [0, 0.05) is 5.31 Å². The van der Waals surface area contributed by atoms with Gasteiger partial charge in [-0.2, -0.15) is 0 Å². The monoisotopic (exact) mass is 290 g/mol. The molecule has 3 aliphatic carbocycles. The van der Waals surface area contributed by atoms with Crippen LogP contribution in [0.25, 0.3) is 0 Å². The van der Waals surface area contributed by atoms with Crippen LogP contribution in [0.15, 0.2) is 0 Å². The Bertz CT molecular complexity index is 266. The molecule has 0 spiro atoms. The molecule has 0 aromatic heterocycles. The van der Waals surface area contributed by atoms with Crippen molar-refractivity contribution in [3.05, 3.63) is 0 Å². The van der Waals surface area contributed by atoms with E-state index in [0.717, 1.165) is 31.0 Å². The van der Waals surface area contributed by atoms with E-state index in [2.05, 4.69) is 0 Å². The lowest BCUT2D eigenvalue weighted by Gasteiger charge is -2.49. The Morgan fingerprint density at radius 3 is 1.24 bits per heavy atom. The second-order valence-electron chi connectivity index (χ2n) is 8.02. The molecule has 0 amide bonds. The summed E-state index contributed by atoms with van der Waals surface area (Å²) in [4.78, 5) is 0. The summed E-state index contributed by atoms with van der Waals surface area (Å²) in [5.74, 6) is 2.64. The van der Waals surface area contributed by atoms with Gasteiger partial charge in [0.15, 0.2) is 0 Å². The first-order chi connectivity index (χ1) is 10.4. The highest BCUT2D eigenvalue weighted by Gasteiger charge is 2.61. The van der Waals surface area contributed by atoms with Crippen molar-refractivity contribution < 1.29 is 9.31 Å². The molecule has 3 saturated carbocycles. The van der Waals surface area contributed by atoms with Gasteiger partial charge in [0.25, 0.3) is 0 Å². The van der Waals surface area contributed by atoms with E-state index >= 15 is 0 Å². The third kappa shape index (κ3) is 2.39. The third-order valence-electron chi connectivity index (χ3n) is 7.22. The predicted molar refractivity (Wildman–Crippen MR) is 86.2 cm³/mol. The minimum atomic E-state index is 0.131. The highest BCUT2D eigenvalue weighted by Crippen LogP contribution is 2.65. The molecule has 0 aromatic carbocycles. The van der Waals surface area contributed by atoms with Crippen molar-refractivity contribution in [2.45, 2.75) is 82.4 Å². The zero-order valence-corrected chi connectivity index (χ0v) is 13.5. The summed E-state index contributed by atoms with van der Waals surface area (Å²) in [5, 5.41) is 0.375. The fourth-order valence-electron chi connectivity index (χ4n) is 6.50. The van der Waals surface area contributed by atoms with Crippen molar-refractivity contribution in [1.29, 1.82) is 0 Å². The van der Waals surface area contributed by atoms with E-state index < -0.39 is 0 Å². The first kappa shape index (κ1) is 14.6. The molecule has 1 aliphatic heterocycles. The smallest absolute Gasteiger partial charge is 0.408 e. The van der Waals surface area contributed by atoms with E-state index in [1.165, 1.54) is 77.0 Å². The lowest BCUT2D eigenvalue weighted by Crippen LogP contribution is -2.48. The van der Waals surface area contributed by atoms with Gasteiger partial charge in [-0.25, -0.2) is 0 Å². The molecular formula is C18H31BO2. The Kier molecular flexibility index (Phi) is 4.33. The van der Waals surface area contributed by atoms with E-state index in [-0.39, 0.29) is 7.12 Å². The van der Waals surface area contributed by atoms with Crippen LogP contribution in [0.4, 0.5) is 0 Å². The van der Waals surface area contributed by atoms with Crippen LogP contribution >= 0.6 is 0 Å². The normalized spacial score (nSPS) is 30.0. The van der Waals surface area contributed by atoms with Crippen molar-refractivity contribution in [3.8, 4) is 0 Å². The maximum absolute atomic E-state index is 6.23. The van der Waals surface area contributed by atoms with Crippen LogP contribution in [-0.4, -0.2) is 20.3 Å². The largest absolute Gasteiger partial charge is 0.464 e. The SMILES string of the molecule is C1CCC(C(B2OCCO2)(C2CCCC2)C2CCCC2)C1. The minimum Gasteiger partial charge on any atom is -0.408 e. The van der Waals surface area contributed by atoms with Crippen LogP contribution in [0.2, 0.25) is 5.31 Å².